The highest BCUT2D eigenvalue weighted by atomic mass is 35.5. The monoisotopic (exact) mass is 322 g/mol. The second-order valence-electron chi connectivity index (χ2n) is 4.32. The predicted octanol–water partition coefficient (Wildman–Crippen LogP) is 1.86. The van der Waals surface area contributed by atoms with Gasteiger partial charge in [0.25, 0.3) is 10.0 Å². The lowest BCUT2D eigenvalue weighted by Gasteiger charge is -2.06. The number of pyridine rings is 2. The minimum absolute atomic E-state index is 0.0524. The Bertz CT molecular complexity index is 878. The predicted molar refractivity (Wildman–Crippen MR) is 78.5 cm³/mol. The highest BCUT2D eigenvalue weighted by molar-refractivity contribution is 7.89. The molecule has 0 atom stereocenters. The fourth-order valence-electron chi connectivity index (χ4n) is 1.93. The first-order valence-electron chi connectivity index (χ1n) is 6.09. The van der Waals surface area contributed by atoms with Crippen LogP contribution in [0.25, 0.3) is 5.65 Å². The van der Waals surface area contributed by atoms with E-state index >= 15 is 0 Å². The molecule has 0 unspecified atom stereocenters. The zero-order chi connectivity index (χ0) is 14.9. The van der Waals surface area contributed by atoms with E-state index in [0.717, 1.165) is 5.56 Å². The average molecular weight is 323 g/mol. The maximum atomic E-state index is 12.4. The Labute approximate surface area is 126 Å². The Morgan fingerprint density at radius 1 is 1.19 bits per heavy atom. The number of sulfonamides is 1. The van der Waals surface area contributed by atoms with Crippen molar-refractivity contribution in [1.29, 1.82) is 0 Å². The third kappa shape index (κ3) is 2.76. The second-order valence-corrected chi connectivity index (χ2v) is 6.36. The molecule has 0 amide bonds. The minimum atomic E-state index is -3.77. The van der Waals surface area contributed by atoms with Gasteiger partial charge in [-0.05, 0) is 29.8 Å². The van der Waals surface area contributed by atoms with Crippen molar-refractivity contribution < 1.29 is 8.42 Å². The highest BCUT2D eigenvalue weighted by Gasteiger charge is 2.23. The van der Waals surface area contributed by atoms with Gasteiger partial charge in [-0.3, -0.25) is 9.38 Å². The van der Waals surface area contributed by atoms with Crippen LogP contribution in [-0.4, -0.2) is 22.8 Å². The van der Waals surface area contributed by atoms with E-state index in [2.05, 4.69) is 14.7 Å². The molecular weight excluding hydrogens is 312 g/mol. The summed E-state index contributed by atoms with van der Waals surface area (Å²) >= 11 is 5.97. The maximum absolute atomic E-state index is 12.4. The fourth-order valence-corrected chi connectivity index (χ4v) is 3.59. The zero-order valence-corrected chi connectivity index (χ0v) is 12.3. The lowest BCUT2D eigenvalue weighted by Crippen LogP contribution is -2.24. The number of imidazole rings is 1. The van der Waals surface area contributed by atoms with Crippen molar-refractivity contribution in [1.82, 2.24) is 19.1 Å². The molecule has 3 aromatic rings. The smallest absolute Gasteiger partial charge is 0.260 e. The SMILES string of the molecule is O=S(=O)(NCc1ccncc1)c1c(Cl)nc2ccccn12. The van der Waals surface area contributed by atoms with Crippen LogP contribution in [0.4, 0.5) is 0 Å². The number of nitrogens with one attached hydrogen (secondary N) is 1. The average Bonchev–Trinajstić information content (AvgIpc) is 2.83. The van der Waals surface area contributed by atoms with Crippen LogP contribution in [0.5, 0.6) is 0 Å². The fraction of sp³-hybridized carbons (Fsp3) is 0.0769. The highest BCUT2D eigenvalue weighted by Crippen LogP contribution is 2.22. The van der Waals surface area contributed by atoms with E-state index in [1.165, 1.54) is 4.40 Å². The Kier molecular flexibility index (Phi) is 3.62. The normalized spacial score (nSPS) is 11.9. The van der Waals surface area contributed by atoms with Gasteiger partial charge in [-0.2, -0.15) is 0 Å². The van der Waals surface area contributed by atoms with Gasteiger partial charge < -0.3 is 0 Å². The minimum Gasteiger partial charge on any atom is -0.288 e. The number of nitrogens with zero attached hydrogens (tertiary/aromatic N) is 3. The van der Waals surface area contributed by atoms with E-state index in [-0.39, 0.29) is 16.7 Å². The van der Waals surface area contributed by atoms with Crippen molar-refractivity contribution >= 4 is 27.3 Å². The lowest BCUT2D eigenvalue weighted by atomic mass is 10.3. The summed E-state index contributed by atoms with van der Waals surface area (Å²) in [6.45, 7) is 0.154. The van der Waals surface area contributed by atoms with Crippen LogP contribution in [0.1, 0.15) is 5.56 Å². The molecule has 0 spiro atoms. The summed E-state index contributed by atoms with van der Waals surface area (Å²) in [4.78, 5) is 7.92. The van der Waals surface area contributed by atoms with Crippen LogP contribution < -0.4 is 4.72 Å². The summed E-state index contributed by atoms with van der Waals surface area (Å²) < 4.78 is 28.8. The van der Waals surface area contributed by atoms with Gasteiger partial charge in [0, 0.05) is 25.1 Å². The summed E-state index contributed by atoms with van der Waals surface area (Å²) in [7, 11) is -3.77. The van der Waals surface area contributed by atoms with Crippen LogP contribution in [-0.2, 0) is 16.6 Å². The molecule has 0 aliphatic heterocycles. The van der Waals surface area contributed by atoms with E-state index in [1.54, 1.807) is 48.9 Å². The lowest BCUT2D eigenvalue weighted by molar-refractivity contribution is 0.576. The molecule has 0 radical (unpaired) electrons. The molecule has 0 saturated heterocycles. The molecule has 21 heavy (non-hydrogen) atoms. The molecule has 3 rings (SSSR count). The molecule has 8 heteroatoms. The van der Waals surface area contributed by atoms with Gasteiger partial charge in [0.05, 0.1) is 0 Å². The number of fused-ring (bicyclic) bond motifs is 1. The maximum Gasteiger partial charge on any atom is 0.260 e. The van der Waals surface area contributed by atoms with Crippen molar-refractivity contribution in [2.45, 2.75) is 11.6 Å². The number of hydrogen-bond donors (Lipinski definition) is 1. The number of hydrogen-bond acceptors (Lipinski definition) is 4. The van der Waals surface area contributed by atoms with Crippen molar-refractivity contribution in [2.75, 3.05) is 0 Å². The molecule has 108 valence electrons. The number of aromatic nitrogens is 3. The Morgan fingerprint density at radius 3 is 2.71 bits per heavy atom. The van der Waals surface area contributed by atoms with Gasteiger partial charge >= 0.3 is 0 Å². The molecule has 0 bridgehead atoms. The van der Waals surface area contributed by atoms with E-state index in [9.17, 15) is 8.42 Å². The molecule has 1 N–H and O–H groups in total. The van der Waals surface area contributed by atoms with E-state index in [4.69, 9.17) is 11.6 Å². The van der Waals surface area contributed by atoms with Gasteiger partial charge in [0.15, 0.2) is 10.2 Å². The molecule has 0 saturated carbocycles. The number of halogens is 1. The van der Waals surface area contributed by atoms with Crippen LogP contribution in [0, 0.1) is 0 Å². The van der Waals surface area contributed by atoms with Crippen LogP contribution in [0.2, 0.25) is 5.15 Å². The zero-order valence-electron chi connectivity index (χ0n) is 10.8. The summed E-state index contributed by atoms with van der Waals surface area (Å²) in [6, 6.07) is 8.64. The number of rotatable bonds is 4. The van der Waals surface area contributed by atoms with Crippen molar-refractivity contribution in [3.05, 3.63) is 59.6 Å². The van der Waals surface area contributed by atoms with Crippen molar-refractivity contribution in [2.24, 2.45) is 0 Å². The van der Waals surface area contributed by atoms with E-state index in [1.807, 2.05) is 0 Å². The molecule has 0 aliphatic rings. The Hall–Kier alpha value is -1.96. The van der Waals surface area contributed by atoms with Gasteiger partial charge in [0.1, 0.15) is 5.65 Å². The van der Waals surface area contributed by atoms with Gasteiger partial charge in [0.2, 0.25) is 0 Å². The largest absolute Gasteiger partial charge is 0.288 e. The third-order valence-electron chi connectivity index (χ3n) is 2.92. The van der Waals surface area contributed by atoms with E-state index < -0.39 is 10.0 Å². The van der Waals surface area contributed by atoms with Gasteiger partial charge in [-0.1, -0.05) is 17.7 Å². The van der Waals surface area contributed by atoms with Gasteiger partial charge in [-0.25, -0.2) is 18.1 Å². The molecule has 3 aromatic heterocycles. The molecule has 0 aromatic carbocycles. The summed E-state index contributed by atoms with van der Waals surface area (Å²) in [5.74, 6) is 0. The van der Waals surface area contributed by atoms with Crippen LogP contribution >= 0.6 is 11.6 Å². The molecule has 0 aliphatic carbocycles. The van der Waals surface area contributed by atoms with Crippen LogP contribution in [0.3, 0.4) is 0 Å². The quantitative estimate of drug-likeness (QED) is 0.795. The Morgan fingerprint density at radius 2 is 1.95 bits per heavy atom. The van der Waals surface area contributed by atoms with Crippen molar-refractivity contribution in [3.8, 4) is 0 Å². The molecule has 0 fully saturated rings. The summed E-state index contributed by atoms with van der Waals surface area (Å²) in [5, 5.41) is -0.114. The topological polar surface area (TPSA) is 76.4 Å². The first kappa shape index (κ1) is 14.0. The first-order chi connectivity index (χ1) is 10.1. The summed E-state index contributed by atoms with van der Waals surface area (Å²) in [6.07, 6.45) is 4.81. The second kappa shape index (κ2) is 5.44. The molecular formula is C13H11ClN4O2S. The van der Waals surface area contributed by atoms with Gasteiger partial charge in [-0.15, -0.1) is 0 Å². The molecule has 6 nitrogen and oxygen atoms in total. The molecule has 3 heterocycles. The Balaban J connectivity index is 1.95. The first-order valence-corrected chi connectivity index (χ1v) is 7.95. The van der Waals surface area contributed by atoms with E-state index in [0.29, 0.717) is 5.65 Å². The summed E-state index contributed by atoms with van der Waals surface area (Å²) in [5.41, 5.74) is 1.28. The van der Waals surface area contributed by atoms with Crippen molar-refractivity contribution in [3.63, 3.8) is 0 Å². The van der Waals surface area contributed by atoms with Crippen LogP contribution in [0.15, 0.2) is 53.9 Å². The standard InChI is InChI=1S/C13H11ClN4O2S/c14-12-13(18-8-2-1-3-11(18)17-12)21(19,20)16-9-10-4-6-15-7-5-10/h1-8,16H,9H2. The third-order valence-corrected chi connectivity index (χ3v) is 4.72.